The van der Waals surface area contributed by atoms with E-state index in [4.69, 9.17) is 4.74 Å². The Kier molecular flexibility index (Phi) is 5.24. The van der Waals surface area contributed by atoms with E-state index in [1.165, 1.54) is 25.7 Å². The molecule has 0 bridgehead atoms. The molecular weight excluding hydrogens is 288 g/mol. The third kappa shape index (κ3) is 3.70. The normalized spacial score (nSPS) is 23.1. The van der Waals surface area contributed by atoms with Crippen LogP contribution < -0.4 is 4.74 Å². The zero-order valence-electron chi connectivity index (χ0n) is 14.1. The topological polar surface area (TPSA) is 46.5 Å². The third-order valence-corrected chi connectivity index (χ3v) is 5.38. The number of benzene rings is 1. The lowest BCUT2D eigenvalue weighted by Gasteiger charge is -2.36. The van der Waals surface area contributed by atoms with Crippen molar-refractivity contribution in [2.45, 2.75) is 70.6 Å². The van der Waals surface area contributed by atoms with Gasteiger partial charge in [-0.1, -0.05) is 32.6 Å². The van der Waals surface area contributed by atoms with E-state index in [9.17, 15) is 9.90 Å². The number of fused-ring (bicyclic) bond motifs is 3. The van der Waals surface area contributed by atoms with Gasteiger partial charge in [-0.25, -0.2) is 0 Å². The molecule has 2 atom stereocenters. The van der Waals surface area contributed by atoms with E-state index in [0.717, 1.165) is 36.1 Å². The number of ketones is 1. The van der Waals surface area contributed by atoms with E-state index < -0.39 is 0 Å². The Morgan fingerprint density at radius 1 is 1.22 bits per heavy atom. The molecule has 0 saturated heterocycles. The SMILES string of the molecule is CCCCCCCc1cc(O)c2c(c1)OCC1CCC(=O)CC21. The summed E-state index contributed by atoms with van der Waals surface area (Å²) in [5.74, 6) is 1.99. The van der Waals surface area contributed by atoms with Crippen molar-refractivity contribution in [2.75, 3.05) is 6.61 Å². The summed E-state index contributed by atoms with van der Waals surface area (Å²) >= 11 is 0. The van der Waals surface area contributed by atoms with Gasteiger partial charge >= 0.3 is 0 Å². The van der Waals surface area contributed by atoms with Crippen LogP contribution in [-0.4, -0.2) is 17.5 Å². The molecule has 1 aliphatic carbocycles. The van der Waals surface area contributed by atoms with Crippen LogP contribution in [0.15, 0.2) is 12.1 Å². The minimum Gasteiger partial charge on any atom is -0.508 e. The largest absolute Gasteiger partial charge is 0.508 e. The van der Waals surface area contributed by atoms with Gasteiger partial charge in [-0.15, -0.1) is 0 Å². The molecule has 1 aromatic carbocycles. The number of aromatic hydroxyl groups is 1. The maximum absolute atomic E-state index is 11.8. The van der Waals surface area contributed by atoms with Gasteiger partial charge in [0.1, 0.15) is 17.3 Å². The van der Waals surface area contributed by atoms with Gasteiger partial charge in [0, 0.05) is 30.2 Å². The lowest BCUT2D eigenvalue weighted by molar-refractivity contribution is -0.122. The molecule has 1 N–H and O–H groups in total. The minimum atomic E-state index is 0.151. The number of carbonyl (C=O) groups is 1. The quantitative estimate of drug-likeness (QED) is 0.770. The summed E-state index contributed by atoms with van der Waals surface area (Å²) in [7, 11) is 0. The van der Waals surface area contributed by atoms with E-state index in [1.54, 1.807) is 0 Å². The number of ether oxygens (including phenoxy) is 1. The van der Waals surface area contributed by atoms with Gasteiger partial charge < -0.3 is 9.84 Å². The molecular formula is C20H28O3. The minimum absolute atomic E-state index is 0.151. The van der Waals surface area contributed by atoms with Crippen LogP contribution in [0.3, 0.4) is 0 Å². The molecule has 1 saturated carbocycles. The number of unbranched alkanes of at least 4 members (excludes halogenated alkanes) is 4. The number of carbonyl (C=O) groups excluding carboxylic acids is 1. The number of aryl methyl sites for hydroxylation is 1. The first-order valence-corrected chi connectivity index (χ1v) is 9.19. The zero-order valence-corrected chi connectivity index (χ0v) is 14.1. The predicted octanol–water partition coefficient (Wildman–Crippen LogP) is 4.75. The Balaban J connectivity index is 1.71. The summed E-state index contributed by atoms with van der Waals surface area (Å²) in [6.07, 6.45) is 9.35. The first-order valence-electron chi connectivity index (χ1n) is 9.19. The number of Topliss-reactive ketones (excluding diaryl/α,β-unsaturated/α-hetero) is 1. The van der Waals surface area contributed by atoms with Gasteiger partial charge in [-0.2, -0.15) is 0 Å². The standard InChI is InChI=1S/C20H28O3/c1-2-3-4-5-6-7-14-10-18(22)20-17-12-16(21)9-8-15(17)13-23-19(20)11-14/h10-11,15,17,22H,2-9,12-13H2,1H3. The van der Waals surface area contributed by atoms with Gasteiger partial charge in [-0.3, -0.25) is 4.79 Å². The van der Waals surface area contributed by atoms with Crippen LogP contribution in [0.2, 0.25) is 0 Å². The second kappa shape index (κ2) is 7.37. The summed E-state index contributed by atoms with van der Waals surface area (Å²) in [6, 6.07) is 3.98. The fraction of sp³-hybridized carbons (Fsp3) is 0.650. The van der Waals surface area contributed by atoms with Crippen LogP contribution in [0.5, 0.6) is 11.5 Å². The highest BCUT2D eigenvalue weighted by Gasteiger charge is 2.37. The van der Waals surface area contributed by atoms with Crippen molar-refractivity contribution in [2.24, 2.45) is 5.92 Å². The van der Waals surface area contributed by atoms with Crippen LogP contribution >= 0.6 is 0 Å². The first kappa shape index (κ1) is 16.4. The molecule has 0 aromatic heterocycles. The van der Waals surface area contributed by atoms with E-state index in [1.807, 2.05) is 6.07 Å². The van der Waals surface area contributed by atoms with Crippen LogP contribution in [0.4, 0.5) is 0 Å². The molecule has 2 unspecified atom stereocenters. The lowest BCUT2D eigenvalue weighted by atomic mass is 9.73. The van der Waals surface area contributed by atoms with Crippen molar-refractivity contribution in [3.8, 4) is 11.5 Å². The van der Waals surface area contributed by atoms with E-state index in [2.05, 4.69) is 13.0 Å². The lowest BCUT2D eigenvalue weighted by Crippen LogP contribution is -2.32. The number of phenols is 1. The van der Waals surface area contributed by atoms with Crippen molar-refractivity contribution < 1.29 is 14.6 Å². The van der Waals surface area contributed by atoms with Gasteiger partial charge in [0.2, 0.25) is 0 Å². The zero-order chi connectivity index (χ0) is 16.2. The molecule has 2 aliphatic rings. The van der Waals surface area contributed by atoms with Gasteiger partial charge in [0.25, 0.3) is 0 Å². The van der Waals surface area contributed by atoms with Gasteiger partial charge in [0.15, 0.2) is 0 Å². The van der Waals surface area contributed by atoms with Crippen LogP contribution in [0.25, 0.3) is 0 Å². The molecule has 1 aromatic rings. The maximum atomic E-state index is 11.8. The number of hydrogen-bond donors (Lipinski definition) is 1. The monoisotopic (exact) mass is 316 g/mol. The summed E-state index contributed by atoms with van der Waals surface area (Å²) in [5.41, 5.74) is 2.03. The van der Waals surface area contributed by atoms with E-state index >= 15 is 0 Å². The van der Waals surface area contributed by atoms with Gasteiger partial charge in [0.05, 0.1) is 6.61 Å². The molecule has 1 heterocycles. The molecule has 1 aliphatic heterocycles. The molecule has 3 nitrogen and oxygen atoms in total. The van der Waals surface area contributed by atoms with Crippen LogP contribution in [-0.2, 0) is 11.2 Å². The van der Waals surface area contributed by atoms with Crippen molar-refractivity contribution in [3.63, 3.8) is 0 Å². The Morgan fingerprint density at radius 3 is 2.87 bits per heavy atom. The van der Waals surface area contributed by atoms with Crippen molar-refractivity contribution in [1.29, 1.82) is 0 Å². The summed E-state index contributed by atoms with van der Waals surface area (Å²) in [6.45, 7) is 2.91. The second-order valence-electron chi connectivity index (χ2n) is 7.15. The molecule has 3 rings (SSSR count). The maximum Gasteiger partial charge on any atom is 0.133 e. The molecule has 1 fully saturated rings. The highest BCUT2D eigenvalue weighted by molar-refractivity contribution is 5.80. The molecule has 0 spiro atoms. The molecule has 126 valence electrons. The Morgan fingerprint density at radius 2 is 2.04 bits per heavy atom. The second-order valence-corrected chi connectivity index (χ2v) is 7.15. The summed E-state index contributed by atoms with van der Waals surface area (Å²) < 4.78 is 5.92. The fourth-order valence-corrected chi connectivity index (χ4v) is 4.03. The molecule has 23 heavy (non-hydrogen) atoms. The first-order chi connectivity index (χ1) is 11.2. The average molecular weight is 316 g/mol. The van der Waals surface area contributed by atoms with Crippen molar-refractivity contribution >= 4 is 5.78 Å². The third-order valence-electron chi connectivity index (χ3n) is 5.38. The van der Waals surface area contributed by atoms with E-state index in [0.29, 0.717) is 36.9 Å². The number of rotatable bonds is 6. The molecule has 3 heteroatoms. The molecule has 0 radical (unpaired) electrons. The summed E-state index contributed by atoms with van der Waals surface area (Å²) in [4.78, 5) is 11.8. The molecule has 0 amide bonds. The summed E-state index contributed by atoms with van der Waals surface area (Å²) in [5, 5.41) is 10.5. The Bertz CT molecular complexity index is 564. The predicted molar refractivity (Wildman–Crippen MR) is 91.2 cm³/mol. The highest BCUT2D eigenvalue weighted by Crippen LogP contribution is 2.48. The van der Waals surface area contributed by atoms with Crippen molar-refractivity contribution in [1.82, 2.24) is 0 Å². The average Bonchev–Trinajstić information content (AvgIpc) is 2.54. The van der Waals surface area contributed by atoms with Crippen molar-refractivity contribution in [3.05, 3.63) is 23.3 Å². The smallest absolute Gasteiger partial charge is 0.133 e. The fourth-order valence-electron chi connectivity index (χ4n) is 4.03. The van der Waals surface area contributed by atoms with E-state index in [-0.39, 0.29) is 5.92 Å². The number of phenolic OH excluding ortho intramolecular Hbond substituents is 1. The van der Waals surface area contributed by atoms with Crippen LogP contribution in [0.1, 0.15) is 75.3 Å². The number of hydrogen-bond acceptors (Lipinski definition) is 3. The Labute approximate surface area is 139 Å². The highest BCUT2D eigenvalue weighted by atomic mass is 16.5. The van der Waals surface area contributed by atoms with Crippen LogP contribution in [0, 0.1) is 5.92 Å². The Hall–Kier alpha value is -1.51. The van der Waals surface area contributed by atoms with Gasteiger partial charge in [-0.05, 0) is 37.0 Å².